The Morgan fingerprint density at radius 1 is 0.689 bits per heavy atom. The summed E-state index contributed by atoms with van der Waals surface area (Å²) in [6, 6.07) is 26.9. The van der Waals surface area contributed by atoms with Crippen molar-refractivity contribution in [3.63, 3.8) is 0 Å². The molecule has 0 radical (unpaired) electrons. The molecule has 4 aromatic carbocycles. The Labute approximate surface area is 613 Å². The number of quaternary nitrogens is 1. The van der Waals surface area contributed by atoms with Crippen LogP contribution in [0.2, 0.25) is 0 Å². The maximum atomic E-state index is 16.8. The number of aryl methyl sites for hydroxylation is 1. The maximum absolute atomic E-state index is 16.8. The number of aliphatic hydroxyl groups excluding tert-OH is 4. The molecule has 0 spiro atoms. The highest BCUT2D eigenvalue weighted by Crippen LogP contribution is 2.66. The number of nitrogens with zero attached hydrogens (tertiary/aromatic N) is 1. The van der Waals surface area contributed by atoms with Crippen molar-refractivity contribution in [2.45, 2.75) is 191 Å². The van der Waals surface area contributed by atoms with Crippen LogP contribution in [0.5, 0.6) is 5.75 Å². The second-order valence-electron chi connectivity index (χ2n) is 30.2. The summed E-state index contributed by atoms with van der Waals surface area (Å²) < 4.78 is 50.0. The normalized spacial score (nSPS) is 30.2. The number of carbonyl (C=O) groups excluding carboxylic acids is 10. The number of ether oxygens (including phenoxy) is 8. The van der Waals surface area contributed by atoms with Gasteiger partial charge in [0.25, 0.3) is 5.91 Å². The summed E-state index contributed by atoms with van der Waals surface area (Å²) in [5.74, 6) is -12.2. The van der Waals surface area contributed by atoms with Gasteiger partial charge in [0.1, 0.15) is 67.5 Å². The molecule has 27 nitrogen and oxygen atoms in total. The van der Waals surface area contributed by atoms with Crippen molar-refractivity contribution in [3.8, 4) is 5.75 Å². The smallest absolute Gasteiger partial charge is 0.367 e. The van der Waals surface area contributed by atoms with E-state index < -0.39 is 217 Å². The first kappa shape index (κ1) is 78.1. The van der Waals surface area contributed by atoms with Crippen LogP contribution in [0, 0.1) is 34.0 Å². The third-order valence-corrected chi connectivity index (χ3v) is 23.7. The van der Waals surface area contributed by atoms with E-state index in [1.165, 1.54) is 64.1 Å². The number of rotatable bonds is 26. The van der Waals surface area contributed by atoms with Gasteiger partial charge in [-0.15, -0.1) is 4.65 Å². The quantitative estimate of drug-likeness (QED) is 0.0128. The van der Waals surface area contributed by atoms with Crippen molar-refractivity contribution in [2.75, 3.05) is 46.1 Å². The topological polar surface area (TPSA) is 387 Å². The number of phenols is 1. The second kappa shape index (κ2) is 31.5. The van der Waals surface area contributed by atoms with Crippen molar-refractivity contribution in [1.82, 2.24) is 5.32 Å². The lowest BCUT2D eigenvalue weighted by molar-refractivity contribution is -1.09. The molecule has 5 fully saturated rings. The van der Waals surface area contributed by atoms with Crippen LogP contribution in [0.15, 0.2) is 120 Å². The molecule has 1 heterocycles. The van der Waals surface area contributed by atoms with Crippen molar-refractivity contribution in [1.29, 1.82) is 0 Å². The first-order chi connectivity index (χ1) is 50.4. The number of benzene rings is 4. The van der Waals surface area contributed by atoms with E-state index in [0.29, 0.717) is 19.3 Å². The largest absolute Gasteiger partial charge is 0.508 e. The van der Waals surface area contributed by atoms with Crippen molar-refractivity contribution >= 4 is 59.4 Å². The number of hydroxylamine groups is 3. The van der Waals surface area contributed by atoms with Crippen LogP contribution in [0.4, 0.5) is 0 Å². The lowest BCUT2D eigenvalue weighted by Gasteiger charge is -2.67. The number of phenolic OH excluding ortho intramolecular Hbond substituents is 1. The monoisotopic (exact) mass is 1470 g/mol. The van der Waals surface area contributed by atoms with Crippen molar-refractivity contribution < 1.29 is 126 Å². The third kappa shape index (κ3) is 15.0. The average Bonchev–Trinajstić information content (AvgIpc) is 0.702. The van der Waals surface area contributed by atoms with Gasteiger partial charge in [-0.25, -0.2) is 14.4 Å². The fraction of sp³-hybridized carbons (Fsp3) is 0.544. The van der Waals surface area contributed by atoms with Crippen LogP contribution in [-0.4, -0.2) is 201 Å². The molecule has 570 valence electrons. The number of ketones is 1. The molecule has 1 saturated heterocycles. The molecule has 11 rings (SSSR count). The summed E-state index contributed by atoms with van der Waals surface area (Å²) in [4.78, 5) is 153. The summed E-state index contributed by atoms with van der Waals surface area (Å²) in [5.41, 5.74) is -7.84. The number of hydrogen-bond acceptors (Lipinski definition) is 25. The molecule has 1 amide bonds. The number of fused-ring (bicyclic) bond motifs is 10. The number of aliphatic hydroxyl groups is 5. The Morgan fingerprint density at radius 2 is 1.29 bits per heavy atom. The molecule has 17 atom stereocenters. The first-order valence-electron chi connectivity index (χ1n) is 36.2. The van der Waals surface area contributed by atoms with Crippen LogP contribution in [0.25, 0.3) is 0 Å². The van der Waals surface area contributed by atoms with E-state index in [2.05, 4.69) is 5.32 Å². The molecule has 1 aliphatic heterocycles. The van der Waals surface area contributed by atoms with Crippen LogP contribution >= 0.6 is 0 Å². The third-order valence-electron chi connectivity index (χ3n) is 23.7. The SMILES string of the molecule is CC(=O)O[C@H]1C(=O)[C@]2(C)[C@@H](OC(=O)CCC(=O)O[N+](CCO)(CCO)CCO)C[C@H]3OC[C@@]3(OC(C)=O)[C@H]2[C@H](OC(=O)c2ccccc2)[C@]2(O)C[C@H](OC(=O)[C@H](OC(=O)CCC(=O)O[C@@H]3C[C@]4(C)[C@@H](O)CC[C@H]4[C@@H]4CCc5cc(O)ccc5[C@H]43)[C@@H](NC(=O)c3ccccc3)c3ccccc3)C(C)=C1C2(C)C. The molecule has 4 saturated carbocycles. The molecule has 7 N–H and O–H groups in total. The van der Waals surface area contributed by atoms with Gasteiger partial charge in [-0.05, 0) is 122 Å². The van der Waals surface area contributed by atoms with Gasteiger partial charge < -0.3 is 73.9 Å². The van der Waals surface area contributed by atoms with E-state index in [9.17, 15) is 64.2 Å². The van der Waals surface area contributed by atoms with E-state index in [4.69, 9.17) is 42.7 Å². The Kier molecular flexibility index (Phi) is 23.2. The Bertz CT molecular complexity index is 4000. The van der Waals surface area contributed by atoms with Crippen LogP contribution in [0.1, 0.15) is 162 Å². The zero-order valence-corrected chi connectivity index (χ0v) is 60.5. The van der Waals surface area contributed by atoms with Crippen molar-refractivity contribution in [3.05, 3.63) is 148 Å². The van der Waals surface area contributed by atoms with Gasteiger partial charge >= 0.3 is 47.8 Å². The van der Waals surface area contributed by atoms with Crippen LogP contribution in [0.3, 0.4) is 0 Å². The highest BCUT2D eigenvalue weighted by atomic mass is 16.7. The minimum Gasteiger partial charge on any atom is -0.508 e. The summed E-state index contributed by atoms with van der Waals surface area (Å²) in [6.45, 7) is 7.06. The maximum Gasteiger partial charge on any atom is 0.367 e. The van der Waals surface area contributed by atoms with E-state index in [-0.39, 0.29) is 71.0 Å². The van der Waals surface area contributed by atoms with Gasteiger partial charge in [0, 0.05) is 49.0 Å². The van der Waals surface area contributed by atoms with E-state index in [0.717, 1.165) is 37.8 Å². The number of nitrogens with one attached hydrogen (secondary N) is 1. The van der Waals surface area contributed by atoms with Crippen LogP contribution in [-0.2, 0) is 87.5 Å². The number of esters is 7. The zero-order chi connectivity index (χ0) is 76.4. The predicted molar refractivity (Wildman–Crippen MR) is 370 cm³/mol. The van der Waals surface area contributed by atoms with Crippen molar-refractivity contribution in [2.24, 2.45) is 34.0 Å². The predicted octanol–water partition coefficient (Wildman–Crippen LogP) is 5.79. The Morgan fingerprint density at radius 3 is 1.90 bits per heavy atom. The molecule has 106 heavy (non-hydrogen) atoms. The van der Waals surface area contributed by atoms with Gasteiger partial charge in [0.15, 0.2) is 17.5 Å². The lowest BCUT2D eigenvalue weighted by Crippen LogP contribution is -2.82. The number of aromatic hydroxyl groups is 1. The minimum absolute atomic E-state index is 0.0246. The molecule has 6 aliphatic carbocycles. The molecular formula is C79H95N2O25+. The van der Waals surface area contributed by atoms with Gasteiger partial charge in [-0.3, -0.25) is 38.4 Å². The molecular weight excluding hydrogens is 1380 g/mol. The second-order valence-corrected chi connectivity index (χ2v) is 30.2. The molecule has 7 aliphatic rings. The first-order valence-corrected chi connectivity index (χ1v) is 36.2. The number of amides is 1. The zero-order valence-electron chi connectivity index (χ0n) is 60.5. The highest BCUT2D eigenvalue weighted by molar-refractivity contribution is 5.97. The molecule has 0 unspecified atom stereocenters. The van der Waals surface area contributed by atoms with E-state index in [1.807, 2.05) is 13.0 Å². The van der Waals surface area contributed by atoms with Crippen LogP contribution < -0.4 is 5.32 Å². The molecule has 4 aromatic rings. The van der Waals surface area contributed by atoms with Gasteiger partial charge in [0.2, 0.25) is 6.10 Å². The standard InChI is InChI=1S/C79H94N2O25/c1-44-55(101-74(96)68(66(47-17-11-8-12-18-47)80-72(94)48-19-13-9-14-20-48)103-62(91)30-29-60(89)100-56-41-76(6)54(27-28-57(76)88)53-25-23-50-39-51(87)24-26-52(50)64(53)56)42-79(97)71(104-73(95)49-21-15-10-16-22-49)69-77(7,70(93)67(99-45(2)85)65(44)75(79,4)5)58(40-59-78(69,43-98-59)105-46(3)86)102-61(90)31-32-63(92)106-81(33-36-82,34-37-83)35-38-84/h8-22,24,26,39,53-59,64,66-69,71,82-84,88,97H,23,25,27-38,40-43H2,1-7H3,(H-,80,87,94)/p+1/t53-,54-,55-,56+,57-,58-,59+,64+,66-,67+,68+,69-,71-,76-,77+,78-,79+/m0/s1. The number of carbonyl (C=O) groups is 10. The summed E-state index contributed by atoms with van der Waals surface area (Å²) in [6.07, 6.45) is -13.5. The van der Waals surface area contributed by atoms with E-state index in [1.54, 1.807) is 66.7 Å². The molecule has 27 heteroatoms. The minimum atomic E-state index is -2.71. The lowest BCUT2D eigenvalue weighted by atomic mass is 9.44. The summed E-state index contributed by atoms with van der Waals surface area (Å²) >= 11 is 0. The Hall–Kier alpha value is -8.96. The molecule has 2 bridgehead atoms. The molecule has 0 aromatic heterocycles. The summed E-state index contributed by atoms with van der Waals surface area (Å²) in [5, 5.41) is 68.9. The average molecular weight is 1470 g/mol. The van der Waals surface area contributed by atoms with E-state index >= 15 is 14.4 Å². The number of hydrogen-bond donors (Lipinski definition) is 7. The fourth-order valence-corrected chi connectivity index (χ4v) is 18.5. The van der Waals surface area contributed by atoms with Gasteiger partial charge in [-0.1, -0.05) is 93.6 Å². The Balaban J connectivity index is 0.977. The van der Waals surface area contributed by atoms with Gasteiger partial charge in [-0.2, -0.15) is 0 Å². The van der Waals surface area contributed by atoms with Gasteiger partial charge in [0.05, 0.1) is 75.1 Å². The number of Topliss-reactive ketones (excluding diaryl/α,β-unsaturated/α-hetero) is 1. The fourth-order valence-electron chi connectivity index (χ4n) is 18.5. The highest BCUT2D eigenvalue weighted by Gasteiger charge is 2.79. The summed E-state index contributed by atoms with van der Waals surface area (Å²) in [7, 11) is 0.